The van der Waals surface area contributed by atoms with Crippen LogP contribution < -0.4 is 0 Å². The van der Waals surface area contributed by atoms with Crippen molar-refractivity contribution in [3.05, 3.63) is 70.4 Å². The molecule has 13 atom stereocenters. The van der Waals surface area contributed by atoms with E-state index in [4.69, 9.17) is 0 Å². The van der Waals surface area contributed by atoms with Crippen molar-refractivity contribution in [3.63, 3.8) is 0 Å². The molecule has 0 bridgehead atoms. The van der Waals surface area contributed by atoms with E-state index < -0.39 is 0 Å². The Bertz CT molecular complexity index is 1700. The van der Waals surface area contributed by atoms with E-state index in [1.54, 1.807) is 5.57 Å². The zero-order valence-corrected chi connectivity index (χ0v) is 37.6. The average molecular weight is 761 g/mol. The van der Waals surface area contributed by atoms with Crippen molar-refractivity contribution in [3.8, 4) is 0 Å². The van der Waals surface area contributed by atoms with Gasteiger partial charge >= 0.3 is 0 Å². The number of rotatable bonds is 8. The monoisotopic (exact) mass is 761 g/mol. The maximum atomic E-state index is 12.0. The van der Waals surface area contributed by atoms with Gasteiger partial charge in [0.1, 0.15) is 0 Å². The number of ketones is 2. The molecule has 308 valence electrons. The van der Waals surface area contributed by atoms with Gasteiger partial charge in [-0.15, -0.1) is 0 Å². The predicted molar refractivity (Wildman–Crippen MR) is 236 cm³/mol. The molecule has 2 heteroatoms. The Kier molecular flexibility index (Phi) is 12.0. The molecule has 0 radical (unpaired) electrons. The van der Waals surface area contributed by atoms with E-state index in [1.165, 1.54) is 99.3 Å². The molecule has 8 aliphatic rings. The molecule has 4 fully saturated rings. The van der Waals surface area contributed by atoms with Gasteiger partial charge in [-0.25, -0.2) is 0 Å². The minimum absolute atomic E-state index is 0.238. The standard InChI is InChI=1S/2C27H40O/c2*1-18(2)7-6-8-19(3)23-11-12-24-22-10-9-20-17-21(28)13-15-26(20,4)25(22)14-16-27(23,24)5/h7,10,17,19,23-25H,6,8-9,11-16H2,1-5H3;7,9-10,17,19,22-25H,6,8,11-16H2,1-5H3/t19-,23-,24+,25+,26+,27-;19-,22?,23-,24+,25+,26+,27-/m11/s1. The second-order valence-electron chi connectivity index (χ2n) is 22.3. The summed E-state index contributed by atoms with van der Waals surface area (Å²) in [5.41, 5.74) is 8.98. The molecule has 8 rings (SSSR count). The predicted octanol–water partition coefficient (Wildman–Crippen LogP) is 14.7. The average Bonchev–Trinajstić information content (AvgIpc) is 3.69. The fraction of sp³-hybridized carbons (Fsp3) is 0.741. The number of carbonyl (C=O) groups excluding carboxylic acids is 2. The molecule has 0 aromatic carbocycles. The van der Waals surface area contributed by atoms with Gasteiger partial charge in [0.25, 0.3) is 0 Å². The summed E-state index contributed by atoms with van der Waals surface area (Å²) in [6.45, 7) is 24.1. The van der Waals surface area contributed by atoms with Crippen molar-refractivity contribution in [1.29, 1.82) is 0 Å². The third-order valence-electron chi connectivity index (χ3n) is 18.8. The smallest absolute Gasteiger partial charge is 0.156 e. The fourth-order valence-corrected chi connectivity index (χ4v) is 15.5. The topological polar surface area (TPSA) is 34.1 Å². The first-order valence-corrected chi connectivity index (χ1v) is 23.6. The molecule has 0 saturated heterocycles. The third kappa shape index (κ3) is 7.46. The van der Waals surface area contributed by atoms with E-state index in [2.05, 4.69) is 99.6 Å². The van der Waals surface area contributed by atoms with Crippen LogP contribution in [0, 0.1) is 74.9 Å². The molecule has 4 saturated carbocycles. The maximum Gasteiger partial charge on any atom is 0.156 e. The summed E-state index contributed by atoms with van der Waals surface area (Å²) in [6, 6.07) is 0. The summed E-state index contributed by atoms with van der Waals surface area (Å²) in [5, 5.41) is 0. The number of carbonyl (C=O) groups is 2. The number of hydrogen-bond donors (Lipinski definition) is 0. The largest absolute Gasteiger partial charge is 0.295 e. The van der Waals surface area contributed by atoms with Crippen molar-refractivity contribution in [2.75, 3.05) is 0 Å². The van der Waals surface area contributed by atoms with Gasteiger partial charge in [0.2, 0.25) is 0 Å². The first-order chi connectivity index (χ1) is 26.5. The SMILES string of the molecule is CC(C)=CCC[C@@H](C)[C@H]1CC[C@H]2C3=CCC4=CC(=O)CC[C@]4(C)[C@H]3CC[C@]12C.CC(C)=CCC[C@@H](C)[C@H]1CC[C@H]2C3C=CC4=CC(=O)CC[C@]4(C)[C@H]3CC[C@]12C. The van der Waals surface area contributed by atoms with Gasteiger partial charge < -0.3 is 0 Å². The van der Waals surface area contributed by atoms with Gasteiger partial charge in [0.05, 0.1) is 0 Å². The van der Waals surface area contributed by atoms with Crippen molar-refractivity contribution in [2.24, 2.45) is 74.9 Å². The van der Waals surface area contributed by atoms with Crippen LogP contribution in [0.5, 0.6) is 0 Å². The van der Waals surface area contributed by atoms with Crippen LogP contribution in [-0.4, -0.2) is 11.6 Å². The number of hydrogen-bond acceptors (Lipinski definition) is 2. The number of allylic oxidation sites excluding steroid dienone is 12. The highest BCUT2D eigenvalue weighted by atomic mass is 16.1. The lowest BCUT2D eigenvalue weighted by Gasteiger charge is -2.56. The van der Waals surface area contributed by atoms with Crippen LogP contribution in [-0.2, 0) is 9.59 Å². The van der Waals surface area contributed by atoms with E-state index in [1.807, 2.05) is 12.2 Å². The van der Waals surface area contributed by atoms with Gasteiger partial charge in [-0.1, -0.05) is 94.2 Å². The first kappa shape index (κ1) is 41.9. The van der Waals surface area contributed by atoms with Crippen LogP contribution in [0.3, 0.4) is 0 Å². The quantitative estimate of drug-likeness (QED) is 0.231. The molecule has 8 aliphatic carbocycles. The van der Waals surface area contributed by atoms with Gasteiger partial charge in [-0.05, 0) is 217 Å². The molecule has 1 unspecified atom stereocenters. The van der Waals surface area contributed by atoms with E-state index in [9.17, 15) is 9.59 Å². The lowest BCUT2D eigenvalue weighted by Crippen LogP contribution is -2.49. The third-order valence-corrected chi connectivity index (χ3v) is 18.8. The molecule has 0 spiro atoms. The molecule has 0 aromatic heterocycles. The Morgan fingerprint density at radius 2 is 1.27 bits per heavy atom. The normalized spacial score (nSPS) is 41.8. The van der Waals surface area contributed by atoms with Gasteiger partial charge in [-0.3, -0.25) is 9.59 Å². The highest BCUT2D eigenvalue weighted by molar-refractivity contribution is 5.92. The molecule has 0 N–H and O–H groups in total. The first-order valence-electron chi connectivity index (χ1n) is 23.6. The summed E-state index contributed by atoms with van der Waals surface area (Å²) in [7, 11) is 0. The summed E-state index contributed by atoms with van der Waals surface area (Å²) in [6.07, 6.45) is 37.2. The Morgan fingerprint density at radius 3 is 1.93 bits per heavy atom. The lowest BCUT2D eigenvalue weighted by molar-refractivity contribution is -0.117. The second kappa shape index (κ2) is 16.1. The van der Waals surface area contributed by atoms with Crippen LogP contribution in [0.15, 0.2) is 70.4 Å². The molecule has 0 aromatic rings. The molecule has 56 heavy (non-hydrogen) atoms. The maximum absolute atomic E-state index is 12.0. The van der Waals surface area contributed by atoms with Crippen LogP contribution in [0.25, 0.3) is 0 Å². The molecule has 0 amide bonds. The zero-order chi connectivity index (χ0) is 40.2. The molecule has 2 nitrogen and oxygen atoms in total. The lowest BCUT2D eigenvalue weighted by atomic mass is 9.48. The van der Waals surface area contributed by atoms with E-state index in [0.717, 1.165) is 79.4 Å². The summed E-state index contributed by atoms with van der Waals surface area (Å²) in [4.78, 5) is 24.0. The Morgan fingerprint density at radius 1 is 0.679 bits per heavy atom. The van der Waals surface area contributed by atoms with E-state index in [-0.39, 0.29) is 10.8 Å². The van der Waals surface area contributed by atoms with Crippen LogP contribution >= 0.6 is 0 Å². The highest BCUT2D eigenvalue weighted by Gasteiger charge is 2.59. The van der Waals surface area contributed by atoms with Gasteiger partial charge in [0.15, 0.2) is 11.6 Å². The zero-order valence-electron chi connectivity index (χ0n) is 37.6. The van der Waals surface area contributed by atoms with Gasteiger partial charge in [0, 0.05) is 12.8 Å². The molecule has 0 heterocycles. The highest BCUT2D eigenvalue weighted by Crippen LogP contribution is 2.68. The molecule has 0 aliphatic heterocycles. The number of fused-ring (bicyclic) bond motifs is 10. The Balaban J connectivity index is 0.000000172. The Labute approximate surface area is 343 Å². The van der Waals surface area contributed by atoms with Crippen LogP contribution in [0.1, 0.15) is 178 Å². The van der Waals surface area contributed by atoms with Crippen molar-refractivity contribution in [2.45, 2.75) is 178 Å². The summed E-state index contributed by atoms with van der Waals surface area (Å²) >= 11 is 0. The summed E-state index contributed by atoms with van der Waals surface area (Å²) < 4.78 is 0. The van der Waals surface area contributed by atoms with Crippen LogP contribution in [0.4, 0.5) is 0 Å². The molecular formula is C54H80O2. The Hall–Kier alpha value is -2.22. The molecular weight excluding hydrogens is 681 g/mol. The van der Waals surface area contributed by atoms with Crippen LogP contribution in [0.2, 0.25) is 0 Å². The summed E-state index contributed by atoms with van der Waals surface area (Å²) in [5.74, 6) is 7.90. The van der Waals surface area contributed by atoms with Crippen molar-refractivity contribution in [1.82, 2.24) is 0 Å². The van der Waals surface area contributed by atoms with E-state index in [0.29, 0.717) is 28.3 Å². The fourth-order valence-electron chi connectivity index (χ4n) is 15.5. The minimum Gasteiger partial charge on any atom is -0.295 e. The van der Waals surface area contributed by atoms with E-state index >= 15 is 0 Å². The van der Waals surface area contributed by atoms with Crippen molar-refractivity contribution >= 4 is 11.6 Å². The van der Waals surface area contributed by atoms with Crippen molar-refractivity contribution < 1.29 is 9.59 Å². The second-order valence-corrected chi connectivity index (χ2v) is 22.3. The van der Waals surface area contributed by atoms with Gasteiger partial charge in [-0.2, -0.15) is 0 Å². The minimum atomic E-state index is 0.238.